The van der Waals surface area contributed by atoms with Crippen molar-refractivity contribution in [3.8, 4) is 0 Å². The smallest absolute Gasteiger partial charge is 0.0205 e. The quantitative estimate of drug-likeness (QED) is 0.259. The lowest BCUT2D eigenvalue weighted by Crippen LogP contribution is -2.18. The van der Waals surface area contributed by atoms with Gasteiger partial charge in [-0.25, -0.2) is 0 Å². The molecule has 2 unspecified atom stereocenters. The van der Waals surface area contributed by atoms with Crippen molar-refractivity contribution >= 4 is 0 Å². The van der Waals surface area contributed by atoms with Crippen LogP contribution in [0.3, 0.4) is 0 Å². The first kappa shape index (κ1) is 21.0. The van der Waals surface area contributed by atoms with Gasteiger partial charge < -0.3 is 0 Å². The third-order valence-corrected chi connectivity index (χ3v) is 7.21. The molecule has 0 saturated heterocycles. The average Bonchev–Trinajstić information content (AvgIpc) is 2.65. The van der Waals surface area contributed by atoms with E-state index in [0.717, 1.165) is 23.7 Å². The van der Waals surface area contributed by atoms with Crippen LogP contribution < -0.4 is 0 Å². The van der Waals surface area contributed by atoms with Gasteiger partial charge >= 0.3 is 0 Å². The third kappa shape index (κ3) is 8.31. The molecule has 0 aromatic rings. The van der Waals surface area contributed by atoms with Crippen LogP contribution in [-0.2, 0) is 0 Å². The predicted octanol–water partition coefficient (Wildman–Crippen LogP) is 8.71. The molecule has 2 aliphatic carbocycles. The van der Waals surface area contributed by atoms with Crippen molar-refractivity contribution in [1.82, 2.24) is 0 Å². The lowest BCUT2D eigenvalue weighted by Gasteiger charge is -2.30. The molecule has 0 heteroatoms. The molecule has 0 aromatic carbocycles. The van der Waals surface area contributed by atoms with Crippen molar-refractivity contribution in [3.63, 3.8) is 0 Å². The molecule has 0 N–H and O–H groups in total. The minimum atomic E-state index is 0.909. The topological polar surface area (TPSA) is 0 Å². The van der Waals surface area contributed by atoms with E-state index in [1.165, 1.54) is 83.5 Å². The molecule has 0 aliphatic heterocycles. The Balaban J connectivity index is 1.54. The standard InChI is InChI=1S/C25H46/c1-3-5-7-12-22-18-20-23(21-19-22)13-8-9-15-25-17-11-10-16-24(25)14-6-4-2/h6,14,22-25H,3-5,7-13,15-21H2,1-2H3. The van der Waals surface area contributed by atoms with Crippen molar-refractivity contribution in [2.24, 2.45) is 23.7 Å². The van der Waals surface area contributed by atoms with E-state index in [9.17, 15) is 0 Å². The Morgan fingerprint density at radius 1 is 0.680 bits per heavy atom. The fourth-order valence-electron chi connectivity index (χ4n) is 5.49. The van der Waals surface area contributed by atoms with Gasteiger partial charge in [-0.05, 0) is 49.4 Å². The number of allylic oxidation sites excluding steroid dienone is 2. The van der Waals surface area contributed by atoms with Crippen LogP contribution in [0.4, 0.5) is 0 Å². The van der Waals surface area contributed by atoms with Crippen LogP contribution in [0, 0.1) is 23.7 Å². The van der Waals surface area contributed by atoms with E-state index in [2.05, 4.69) is 26.0 Å². The van der Waals surface area contributed by atoms with E-state index in [1.54, 1.807) is 25.7 Å². The molecule has 0 spiro atoms. The minimum absolute atomic E-state index is 0.909. The fraction of sp³-hybridized carbons (Fsp3) is 0.920. The van der Waals surface area contributed by atoms with Crippen LogP contribution in [0.1, 0.15) is 123 Å². The van der Waals surface area contributed by atoms with Crippen LogP contribution in [0.15, 0.2) is 12.2 Å². The maximum Gasteiger partial charge on any atom is -0.0205 e. The highest BCUT2D eigenvalue weighted by atomic mass is 14.3. The summed E-state index contributed by atoms with van der Waals surface area (Å²) in [6.45, 7) is 4.60. The van der Waals surface area contributed by atoms with E-state index < -0.39 is 0 Å². The van der Waals surface area contributed by atoms with Crippen LogP contribution in [0.5, 0.6) is 0 Å². The molecule has 0 radical (unpaired) electrons. The van der Waals surface area contributed by atoms with Crippen molar-refractivity contribution < 1.29 is 0 Å². The van der Waals surface area contributed by atoms with Crippen molar-refractivity contribution in [2.75, 3.05) is 0 Å². The Morgan fingerprint density at radius 3 is 1.92 bits per heavy atom. The predicted molar refractivity (Wildman–Crippen MR) is 113 cm³/mol. The average molecular weight is 347 g/mol. The molecule has 0 aromatic heterocycles. The number of hydrogen-bond acceptors (Lipinski definition) is 0. The molecule has 0 heterocycles. The summed E-state index contributed by atoms with van der Waals surface area (Å²) in [5.74, 6) is 4.07. The lowest BCUT2D eigenvalue weighted by molar-refractivity contribution is 0.234. The molecule has 25 heavy (non-hydrogen) atoms. The fourth-order valence-corrected chi connectivity index (χ4v) is 5.49. The zero-order chi connectivity index (χ0) is 17.7. The van der Waals surface area contributed by atoms with Gasteiger partial charge in [0, 0.05) is 0 Å². The van der Waals surface area contributed by atoms with Gasteiger partial charge in [0.15, 0.2) is 0 Å². The van der Waals surface area contributed by atoms with Crippen molar-refractivity contribution in [3.05, 3.63) is 12.2 Å². The first-order valence-corrected chi connectivity index (χ1v) is 12.0. The van der Waals surface area contributed by atoms with Gasteiger partial charge in [-0.2, -0.15) is 0 Å². The Morgan fingerprint density at radius 2 is 1.28 bits per heavy atom. The van der Waals surface area contributed by atoms with Crippen LogP contribution in [0.2, 0.25) is 0 Å². The highest BCUT2D eigenvalue weighted by Gasteiger charge is 2.23. The van der Waals surface area contributed by atoms with E-state index in [0.29, 0.717) is 0 Å². The summed E-state index contributed by atoms with van der Waals surface area (Å²) in [6, 6.07) is 0. The van der Waals surface area contributed by atoms with Gasteiger partial charge in [0.05, 0.1) is 0 Å². The molecule has 2 saturated carbocycles. The zero-order valence-electron chi connectivity index (χ0n) is 17.5. The normalized spacial score (nSPS) is 30.8. The van der Waals surface area contributed by atoms with Gasteiger partial charge in [0.1, 0.15) is 0 Å². The summed E-state index contributed by atoms with van der Waals surface area (Å²) in [4.78, 5) is 0. The van der Waals surface area contributed by atoms with Crippen LogP contribution in [-0.4, -0.2) is 0 Å². The number of unbranched alkanes of at least 4 members (excludes halogenated alkanes) is 3. The maximum atomic E-state index is 2.56. The Labute approximate surface area is 159 Å². The van der Waals surface area contributed by atoms with Gasteiger partial charge in [0.2, 0.25) is 0 Å². The zero-order valence-corrected chi connectivity index (χ0v) is 17.5. The first-order valence-electron chi connectivity index (χ1n) is 12.0. The molecule has 2 atom stereocenters. The van der Waals surface area contributed by atoms with Gasteiger partial charge in [-0.15, -0.1) is 0 Å². The summed E-state index contributed by atoms with van der Waals surface area (Å²) in [5.41, 5.74) is 0. The SMILES string of the molecule is CCC=CC1CCCCC1CCCCC1CCC(CCCCC)CC1. The Bertz CT molecular complexity index is 334. The molecule has 2 fully saturated rings. The summed E-state index contributed by atoms with van der Waals surface area (Å²) in [5, 5.41) is 0. The van der Waals surface area contributed by atoms with E-state index in [-0.39, 0.29) is 0 Å². The van der Waals surface area contributed by atoms with Gasteiger partial charge in [-0.1, -0.05) is 109 Å². The monoisotopic (exact) mass is 346 g/mol. The molecule has 0 nitrogen and oxygen atoms in total. The van der Waals surface area contributed by atoms with Gasteiger partial charge in [0.25, 0.3) is 0 Å². The van der Waals surface area contributed by atoms with Crippen LogP contribution in [0.25, 0.3) is 0 Å². The summed E-state index contributed by atoms with van der Waals surface area (Å²) in [6.07, 6.45) is 30.2. The lowest BCUT2D eigenvalue weighted by atomic mass is 9.75. The van der Waals surface area contributed by atoms with E-state index in [1.807, 2.05) is 0 Å². The highest BCUT2D eigenvalue weighted by Crippen LogP contribution is 2.37. The highest BCUT2D eigenvalue weighted by molar-refractivity contribution is 4.93. The van der Waals surface area contributed by atoms with E-state index >= 15 is 0 Å². The first-order chi connectivity index (χ1) is 12.3. The second kappa shape index (κ2) is 13.0. The molecule has 146 valence electrons. The van der Waals surface area contributed by atoms with Gasteiger partial charge in [-0.3, -0.25) is 0 Å². The van der Waals surface area contributed by atoms with Crippen molar-refractivity contribution in [2.45, 2.75) is 123 Å². The number of rotatable bonds is 11. The molecule has 2 aliphatic rings. The third-order valence-electron chi connectivity index (χ3n) is 7.21. The summed E-state index contributed by atoms with van der Waals surface area (Å²) < 4.78 is 0. The summed E-state index contributed by atoms with van der Waals surface area (Å²) in [7, 11) is 0. The number of hydrogen-bond donors (Lipinski definition) is 0. The molecular weight excluding hydrogens is 300 g/mol. The minimum Gasteiger partial charge on any atom is -0.0885 e. The van der Waals surface area contributed by atoms with Crippen LogP contribution >= 0.6 is 0 Å². The molecule has 0 bridgehead atoms. The molecular formula is C25H46. The largest absolute Gasteiger partial charge is 0.0885 e. The summed E-state index contributed by atoms with van der Waals surface area (Å²) >= 11 is 0. The van der Waals surface area contributed by atoms with Crippen molar-refractivity contribution in [1.29, 1.82) is 0 Å². The molecule has 0 amide bonds. The van der Waals surface area contributed by atoms with E-state index in [4.69, 9.17) is 0 Å². The molecule has 2 rings (SSSR count). The Kier molecular flexibility index (Phi) is 10.9. The second-order valence-corrected chi connectivity index (χ2v) is 9.21. The Hall–Kier alpha value is -0.260. The maximum absolute atomic E-state index is 2.56. The second-order valence-electron chi connectivity index (χ2n) is 9.21.